The Morgan fingerprint density at radius 1 is 1.31 bits per heavy atom. The molecule has 1 unspecified atom stereocenters. The molecule has 0 aliphatic heterocycles. The molecule has 0 aromatic rings. The summed E-state index contributed by atoms with van der Waals surface area (Å²) in [5, 5.41) is 0. The number of hydrogen-bond acceptors (Lipinski definition) is 2. The molecule has 0 spiro atoms. The maximum absolute atomic E-state index is 11.9. The highest BCUT2D eigenvalue weighted by Crippen LogP contribution is 2.28. The van der Waals surface area contributed by atoms with E-state index in [0.717, 1.165) is 12.8 Å². The van der Waals surface area contributed by atoms with Crippen molar-refractivity contribution < 1.29 is 4.79 Å². The minimum atomic E-state index is 0.411. The lowest BCUT2D eigenvalue weighted by Gasteiger charge is -2.17. The molecule has 0 radical (unpaired) electrons. The minimum absolute atomic E-state index is 0.411. The first-order valence-corrected chi connectivity index (χ1v) is 6.83. The lowest BCUT2D eigenvalue weighted by atomic mass is 9.89. The normalized spacial score (nSPS) is 19.2. The molecule has 1 aliphatic carbocycles. The van der Waals surface area contributed by atoms with E-state index in [-0.39, 0.29) is 0 Å². The second-order valence-corrected chi connectivity index (χ2v) is 5.83. The van der Waals surface area contributed by atoms with E-state index in [0.29, 0.717) is 36.5 Å². The molecule has 94 valence electrons. The van der Waals surface area contributed by atoms with E-state index in [2.05, 4.69) is 13.8 Å². The Morgan fingerprint density at radius 3 is 2.44 bits per heavy atom. The maximum atomic E-state index is 11.9. The van der Waals surface area contributed by atoms with E-state index in [1.807, 2.05) is 0 Å². The third-order valence-electron chi connectivity index (χ3n) is 3.65. The Morgan fingerprint density at radius 2 is 1.94 bits per heavy atom. The van der Waals surface area contributed by atoms with Gasteiger partial charge in [-0.05, 0) is 30.7 Å². The number of carbonyl (C=O) groups is 1. The van der Waals surface area contributed by atoms with Gasteiger partial charge in [0, 0.05) is 12.8 Å². The summed E-state index contributed by atoms with van der Waals surface area (Å²) in [5.41, 5.74) is 5.73. The van der Waals surface area contributed by atoms with Crippen LogP contribution in [0, 0.1) is 17.8 Å². The first kappa shape index (κ1) is 13.7. The number of carbonyl (C=O) groups excluding carboxylic acids is 1. The van der Waals surface area contributed by atoms with Gasteiger partial charge in [0.05, 0.1) is 0 Å². The second-order valence-electron chi connectivity index (χ2n) is 5.83. The van der Waals surface area contributed by atoms with Crippen molar-refractivity contribution in [2.24, 2.45) is 23.5 Å². The Balaban J connectivity index is 2.24. The summed E-state index contributed by atoms with van der Waals surface area (Å²) < 4.78 is 0. The molecular weight excluding hydrogens is 198 g/mol. The SMILES string of the molecule is CC(C)CC(CN)CC(=O)CC1CCCC1. The minimum Gasteiger partial charge on any atom is -0.330 e. The fourth-order valence-electron chi connectivity index (χ4n) is 2.87. The molecule has 1 saturated carbocycles. The monoisotopic (exact) mass is 225 g/mol. The molecular formula is C14H27NO. The lowest BCUT2D eigenvalue weighted by Crippen LogP contribution is -2.20. The van der Waals surface area contributed by atoms with Gasteiger partial charge in [0.2, 0.25) is 0 Å². The predicted molar refractivity (Wildman–Crippen MR) is 68.2 cm³/mol. The molecule has 2 N–H and O–H groups in total. The van der Waals surface area contributed by atoms with Gasteiger partial charge in [0.15, 0.2) is 0 Å². The van der Waals surface area contributed by atoms with Gasteiger partial charge < -0.3 is 5.73 Å². The first-order valence-electron chi connectivity index (χ1n) is 6.83. The van der Waals surface area contributed by atoms with Crippen molar-refractivity contribution in [3.8, 4) is 0 Å². The number of Topliss-reactive ketones (excluding diaryl/α,β-unsaturated/α-hetero) is 1. The van der Waals surface area contributed by atoms with Gasteiger partial charge in [0.1, 0.15) is 5.78 Å². The van der Waals surface area contributed by atoms with Crippen LogP contribution in [0.25, 0.3) is 0 Å². The number of nitrogens with two attached hydrogens (primary N) is 1. The van der Waals surface area contributed by atoms with E-state index < -0.39 is 0 Å². The van der Waals surface area contributed by atoms with Crippen molar-refractivity contribution in [3.05, 3.63) is 0 Å². The van der Waals surface area contributed by atoms with Gasteiger partial charge in [0.25, 0.3) is 0 Å². The van der Waals surface area contributed by atoms with Crippen LogP contribution in [-0.2, 0) is 4.79 Å². The van der Waals surface area contributed by atoms with Crippen LogP contribution < -0.4 is 5.73 Å². The van der Waals surface area contributed by atoms with E-state index in [4.69, 9.17) is 5.73 Å². The highest BCUT2D eigenvalue weighted by Gasteiger charge is 2.20. The standard InChI is InChI=1S/C14H27NO/c1-11(2)7-13(10-15)9-14(16)8-12-5-3-4-6-12/h11-13H,3-10,15H2,1-2H3. The topological polar surface area (TPSA) is 43.1 Å². The predicted octanol–water partition coefficient (Wildman–Crippen LogP) is 3.15. The van der Waals surface area contributed by atoms with Crippen LogP contribution in [0.5, 0.6) is 0 Å². The van der Waals surface area contributed by atoms with Crippen LogP contribution in [0.2, 0.25) is 0 Å². The zero-order chi connectivity index (χ0) is 12.0. The summed E-state index contributed by atoms with van der Waals surface area (Å²) in [6.07, 6.45) is 7.80. The quantitative estimate of drug-likeness (QED) is 0.723. The molecule has 0 aromatic carbocycles. The van der Waals surface area contributed by atoms with Crippen molar-refractivity contribution in [3.63, 3.8) is 0 Å². The molecule has 0 amide bonds. The summed E-state index contributed by atoms with van der Waals surface area (Å²) in [5.74, 6) is 2.19. The van der Waals surface area contributed by atoms with Gasteiger partial charge in [-0.2, -0.15) is 0 Å². The molecule has 0 bridgehead atoms. The van der Waals surface area contributed by atoms with Gasteiger partial charge in [-0.25, -0.2) is 0 Å². The third-order valence-corrected chi connectivity index (χ3v) is 3.65. The van der Waals surface area contributed by atoms with Crippen LogP contribution in [-0.4, -0.2) is 12.3 Å². The van der Waals surface area contributed by atoms with Gasteiger partial charge in [-0.1, -0.05) is 39.5 Å². The average Bonchev–Trinajstić information content (AvgIpc) is 2.68. The molecule has 2 nitrogen and oxygen atoms in total. The number of hydrogen-bond donors (Lipinski definition) is 1. The summed E-state index contributed by atoms with van der Waals surface area (Å²) in [7, 11) is 0. The zero-order valence-electron chi connectivity index (χ0n) is 10.9. The number of rotatable bonds is 7. The van der Waals surface area contributed by atoms with Crippen LogP contribution in [0.3, 0.4) is 0 Å². The maximum Gasteiger partial charge on any atom is 0.133 e. The van der Waals surface area contributed by atoms with Crippen molar-refractivity contribution in [1.82, 2.24) is 0 Å². The van der Waals surface area contributed by atoms with Crippen LogP contribution in [0.15, 0.2) is 0 Å². The van der Waals surface area contributed by atoms with Crippen LogP contribution in [0.4, 0.5) is 0 Å². The fraction of sp³-hybridized carbons (Fsp3) is 0.929. The molecule has 1 atom stereocenters. The average molecular weight is 225 g/mol. The number of ketones is 1. The Bertz CT molecular complexity index is 207. The van der Waals surface area contributed by atoms with E-state index in [9.17, 15) is 4.79 Å². The van der Waals surface area contributed by atoms with Gasteiger partial charge >= 0.3 is 0 Å². The van der Waals surface area contributed by atoms with Crippen LogP contribution in [0.1, 0.15) is 58.8 Å². The van der Waals surface area contributed by atoms with Gasteiger partial charge in [-0.15, -0.1) is 0 Å². The molecule has 0 heterocycles. The van der Waals surface area contributed by atoms with Crippen molar-refractivity contribution in [2.45, 2.75) is 58.8 Å². The van der Waals surface area contributed by atoms with Gasteiger partial charge in [-0.3, -0.25) is 4.79 Å². The Labute approximate surface area is 100.0 Å². The highest BCUT2D eigenvalue weighted by molar-refractivity contribution is 5.78. The zero-order valence-corrected chi connectivity index (χ0v) is 10.9. The lowest BCUT2D eigenvalue weighted by molar-refractivity contribution is -0.120. The fourth-order valence-corrected chi connectivity index (χ4v) is 2.87. The van der Waals surface area contributed by atoms with E-state index in [1.165, 1.54) is 25.7 Å². The van der Waals surface area contributed by atoms with E-state index >= 15 is 0 Å². The molecule has 1 rings (SSSR count). The largest absolute Gasteiger partial charge is 0.330 e. The molecule has 0 saturated heterocycles. The van der Waals surface area contributed by atoms with Crippen molar-refractivity contribution in [2.75, 3.05) is 6.54 Å². The Hall–Kier alpha value is -0.370. The third kappa shape index (κ3) is 5.11. The molecule has 16 heavy (non-hydrogen) atoms. The summed E-state index contributed by atoms with van der Waals surface area (Å²) >= 11 is 0. The summed E-state index contributed by atoms with van der Waals surface area (Å²) in [4.78, 5) is 11.9. The smallest absolute Gasteiger partial charge is 0.133 e. The second kappa shape index (κ2) is 7.05. The molecule has 1 fully saturated rings. The highest BCUT2D eigenvalue weighted by atomic mass is 16.1. The first-order chi connectivity index (χ1) is 7.61. The Kier molecular flexibility index (Phi) is 6.04. The molecule has 1 aliphatic rings. The van der Waals surface area contributed by atoms with Crippen molar-refractivity contribution in [1.29, 1.82) is 0 Å². The summed E-state index contributed by atoms with van der Waals surface area (Å²) in [6, 6.07) is 0. The van der Waals surface area contributed by atoms with Crippen LogP contribution >= 0.6 is 0 Å². The van der Waals surface area contributed by atoms with Crippen molar-refractivity contribution >= 4 is 5.78 Å². The molecule has 0 aromatic heterocycles. The summed E-state index contributed by atoms with van der Waals surface area (Å²) in [6.45, 7) is 5.06. The van der Waals surface area contributed by atoms with E-state index in [1.54, 1.807) is 0 Å². The molecule has 2 heteroatoms.